The van der Waals surface area contributed by atoms with Crippen LogP contribution >= 0.6 is 23.2 Å². The number of β-amino-alcohol motifs (C(OH)–C–C–N with tert-alkyl or cyclic N) is 1. The van der Waals surface area contributed by atoms with Crippen LogP contribution in [-0.4, -0.2) is 47.0 Å². The SMILES string of the molecule is CC(C)(C)[C@H]1CN(C(=O)O)C[C@](O)(c2ccc(Cl)c(Cl)c2)CO1. The van der Waals surface area contributed by atoms with Crippen LogP contribution in [0.5, 0.6) is 0 Å². The van der Waals surface area contributed by atoms with E-state index in [0.29, 0.717) is 15.6 Å². The van der Waals surface area contributed by atoms with E-state index in [1.807, 2.05) is 20.8 Å². The van der Waals surface area contributed by atoms with Gasteiger partial charge in [-0.1, -0.05) is 50.0 Å². The zero-order valence-electron chi connectivity index (χ0n) is 13.3. The zero-order valence-corrected chi connectivity index (χ0v) is 14.9. The summed E-state index contributed by atoms with van der Waals surface area (Å²) in [5.74, 6) is 0. The molecule has 1 saturated heterocycles. The van der Waals surface area contributed by atoms with Crippen LogP contribution in [-0.2, 0) is 10.3 Å². The number of rotatable bonds is 1. The van der Waals surface area contributed by atoms with E-state index in [9.17, 15) is 15.0 Å². The van der Waals surface area contributed by atoms with Crippen LogP contribution < -0.4 is 0 Å². The van der Waals surface area contributed by atoms with Gasteiger partial charge in [0.15, 0.2) is 0 Å². The smallest absolute Gasteiger partial charge is 0.407 e. The third-order valence-electron chi connectivity index (χ3n) is 4.06. The fourth-order valence-corrected chi connectivity index (χ4v) is 2.85. The molecule has 1 heterocycles. The minimum Gasteiger partial charge on any atom is -0.465 e. The highest BCUT2D eigenvalue weighted by molar-refractivity contribution is 6.42. The first-order valence-corrected chi connectivity index (χ1v) is 8.06. The Balaban J connectivity index is 2.37. The van der Waals surface area contributed by atoms with Crippen molar-refractivity contribution in [1.29, 1.82) is 0 Å². The average Bonchev–Trinajstić information content (AvgIpc) is 2.62. The molecule has 5 nitrogen and oxygen atoms in total. The molecule has 128 valence electrons. The summed E-state index contributed by atoms with van der Waals surface area (Å²) in [6.45, 7) is 6.01. The van der Waals surface area contributed by atoms with Crippen molar-refractivity contribution in [3.05, 3.63) is 33.8 Å². The van der Waals surface area contributed by atoms with E-state index in [-0.39, 0.29) is 31.2 Å². The van der Waals surface area contributed by atoms with Gasteiger partial charge in [-0.2, -0.15) is 0 Å². The van der Waals surface area contributed by atoms with Crippen molar-refractivity contribution in [2.24, 2.45) is 5.41 Å². The summed E-state index contributed by atoms with van der Waals surface area (Å²) in [6.07, 6.45) is -1.42. The normalized spacial score (nSPS) is 26.0. The number of halogens is 2. The van der Waals surface area contributed by atoms with Gasteiger partial charge in [-0.05, 0) is 23.1 Å². The largest absolute Gasteiger partial charge is 0.465 e. The minimum atomic E-state index is -1.48. The van der Waals surface area contributed by atoms with Gasteiger partial charge in [0, 0.05) is 0 Å². The molecule has 0 aliphatic carbocycles. The predicted molar refractivity (Wildman–Crippen MR) is 89.2 cm³/mol. The number of carbonyl (C=O) groups is 1. The number of carboxylic acid groups (broad SMARTS) is 1. The molecule has 0 unspecified atom stereocenters. The summed E-state index contributed by atoms with van der Waals surface area (Å²) in [7, 11) is 0. The van der Waals surface area contributed by atoms with Crippen LogP contribution in [0.2, 0.25) is 10.0 Å². The molecule has 1 fully saturated rings. The number of amides is 1. The molecule has 1 aliphatic heterocycles. The second kappa shape index (κ2) is 6.48. The Hall–Kier alpha value is -1.01. The summed E-state index contributed by atoms with van der Waals surface area (Å²) in [5, 5.41) is 21.1. The van der Waals surface area contributed by atoms with Crippen molar-refractivity contribution in [2.75, 3.05) is 19.7 Å². The van der Waals surface area contributed by atoms with E-state index in [4.69, 9.17) is 27.9 Å². The molecular formula is C16H21Cl2NO4. The second-order valence-corrected chi connectivity index (χ2v) is 7.80. The topological polar surface area (TPSA) is 70.0 Å². The third-order valence-corrected chi connectivity index (χ3v) is 4.79. The highest BCUT2D eigenvalue weighted by Gasteiger charge is 2.41. The van der Waals surface area contributed by atoms with E-state index in [1.54, 1.807) is 18.2 Å². The molecule has 2 N–H and O–H groups in total. The molecule has 0 aromatic heterocycles. The van der Waals surface area contributed by atoms with Gasteiger partial charge in [-0.3, -0.25) is 0 Å². The first kappa shape index (κ1) is 18.3. The van der Waals surface area contributed by atoms with Gasteiger partial charge < -0.3 is 19.8 Å². The van der Waals surface area contributed by atoms with Crippen molar-refractivity contribution in [2.45, 2.75) is 32.5 Å². The Morgan fingerprint density at radius 1 is 1.35 bits per heavy atom. The molecule has 0 radical (unpaired) electrons. The van der Waals surface area contributed by atoms with Crippen LogP contribution in [0.15, 0.2) is 18.2 Å². The molecule has 1 aromatic rings. The number of hydrogen-bond acceptors (Lipinski definition) is 3. The quantitative estimate of drug-likeness (QED) is 0.801. The Bertz CT molecular complexity index is 602. The standard InChI is InChI=1S/C16H21Cl2NO4/c1-15(2,3)13-7-19(14(20)21)8-16(22,9-23-13)10-4-5-11(17)12(18)6-10/h4-6,13,22H,7-9H2,1-3H3,(H,20,21)/t13-,16-/m1/s1. The van der Waals surface area contributed by atoms with Gasteiger partial charge in [0.2, 0.25) is 0 Å². The van der Waals surface area contributed by atoms with Crippen molar-refractivity contribution < 1.29 is 19.7 Å². The van der Waals surface area contributed by atoms with Gasteiger partial charge in [-0.15, -0.1) is 0 Å². The van der Waals surface area contributed by atoms with Crippen LogP contribution in [0.25, 0.3) is 0 Å². The molecule has 2 atom stereocenters. The number of benzene rings is 1. The lowest BCUT2D eigenvalue weighted by Crippen LogP contribution is -2.45. The van der Waals surface area contributed by atoms with E-state index < -0.39 is 11.7 Å². The van der Waals surface area contributed by atoms with Crippen molar-refractivity contribution >= 4 is 29.3 Å². The van der Waals surface area contributed by atoms with Crippen LogP contribution in [0.3, 0.4) is 0 Å². The Kier molecular flexibility index (Phi) is 5.16. The van der Waals surface area contributed by atoms with E-state index in [2.05, 4.69) is 0 Å². The average molecular weight is 362 g/mol. The predicted octanol–water partition coefficient (Wildman–Crippen LogP) is 3.61. The molecule has 0 saturated carbocycles. The van der Waals surface area contributed by atoms with Gasteiger partial charge >= 0.3 is 6.09 Å². The fraction of sp³-hybridized carbons (Fsp3) is 0.562. The molecule has 7 heteroatoms. The zero-order chi connectivity index (χ0) is 17.4. The van der Waals surface area contributed by atoms with E-state index in [1.165, 1.54) is 4.90 Å². The lowest BCUT2D eigenvalue weighted by atomic mass is 9.89. The van der Waals surface area contributed by atoms with Crippen molar-refractivity contribution in [3.63, 3.8) is 0 Å². The molecule has 0 spiro atoms. The lowest BCUT2D eigenvalue weighted by molar-refractivity contribution is -0.0813. The molecule has 1 amide bonds. The lowest BCUT2D eigenvalue weighted by Gasteiger charge is -2.31. The van der Waals surface area contributed by atoms with Gasteiger partial charge in [0.05, 0.1) is 35.8 Å². The summed E-state index contributed by atoms with van der Waals surface area (Å²) in [4.78, 5) is 12.7. The van der Waals surface area contributed by atoms with Crippen LogP contribution in [0, 0.1) is 5.41 Å². The van der Waals surface area contributed by atoms with Crippen LogP contribution in [0.1, 0.15) is 26.3 Å². The first-order chi connectivity index (χ1) is 10.5. The molecule has 1 aliphatic rings. The number of aliphatic hydroxyl groups is 1. The Morgan fingerprint density at radius 3 is 2.52 bits per heavy atom. The molecule has 1 aromatic carbocycles. The highest BCUT2D eigenvalue weighted by atomic mass is 35.5. The molecular weight excluding hydrogens is 341 g/mol. The number of nitrogens with zero attached hydrogens (tertiary/aromatic N) is 1. The molecule has 0 bridgehead atoms. The monoisotopic (exact) mass is 361 g/mol. The Morgan fingerprint density at radius 2 is 2.00 bits per heavy atom. The van der Waals surface area contributed by atoms with Crippen LogP contribution in [0.4, 0.5) is 4.79 Å². The maximum absolute atomic E-state index is 11.5. The fourth-order valence-electron chi connectivity index (χ4n) is 2.55. The minimum absolute atomic E-state index is 0.0172. The summed E-state index contributed by atoms with van der Waals surface area (Å²) < 4.78 is 5.86. The molecule has 23 heavy (non-hydrogen) atoms. The van der Waals surface area contributed by atoms with E-state index >= 15 is 0 Å². The summed E-state index contributed by atoms with van der Waals surface area (Å²) in [5.41, 5.74) is -1.25. The van der Waals surface area contributed by atoms with Gasteiger partial charge in [-0.25, -0.2) is 4.79 Å². The first-order valence-electron chi connectivity index (χ1n) is 7.30. The summed E-state index contributed by atoms with van der Waals surface area (Å²) in [6, 6.07) is 4.76. The Labute approximate surface area is 145 Å². The van der Waals surface area contributed by atoms with Crippen molar-refractivity contribution in [1.82, 2.24) is 4.90 Å². The maximum Gasteiger partial charge on any atom is 0.407 e. The number of ether oxygens (including phenoxy) is 1. The third kappa shape index (κ3) is 4.10. The van der Waals surface area contributed by atoms with Gasteiger partial charge in [0.1, 0.15) is 5.60 Å². The number of hydrogen-bond donors (Lipinski definition) is 2. The highest BCUT2D eigenvalue weighted by Crippen LogP contribution is 2.34. The van der Waals surface area contributed by atoms with E-state index in [0.717, 1.165) is 0 Å². The second-order valence-electron chi connectivity index (χ2n) is 6.99. The molecule has 2 rings (SSSR count). The van der Waals surface area contributed by atoms with Gasteiger partial charge in [0.25, 0.3) is 0 Å². The summed E-state index contributed by atoms with van der Waals surface area (Å²) >= 11 is 11.9. The maximum atomic E-state index is 11.5. The van der Waals surface area contributed by atoms with Crippen molar-refractivity contribution in [3.8, 4) is 0 Å².